The van der Waals surface area contributed by atoms with Crippen molar-refractivity contribution >= 4 is 59.4 Å². The van der Waals surface area contributed by atoms with Crippen LogP contribution in [0.1, 0.15) is 132 Å². The number of ether oxygens (including phenoxy) is 8. The van der Waals surface area contributed by atoms with E-state index < -0.39 is 120 Å². The van der Waals surface area contributed by atoms with Gasteiger partial charge < -0.3 is 58.7 Å². The molecule has 2 unspecified atom stereocenters. The van der Waals surface area contributed by atoms with Crippen LogP contribution < -0.4 is 16.0 Å². The maximum absolute atomic E-state index is 14.2. The molecule has 4 amide bonds. The molecule has 2 saturated heterocycles. The van der Waals surface area contributed by atoms with Gasteiger partial charge in [-0.25, -0.2) is 4.39 Å². The van der Waals surface area contributed by atoms with Gasteiger partial charge in [0.05, 0.1) is 5.56 Å². The Morgan fingerprint density at radius 3 is 1.49 bits per heavy atom. The van der Waals surface area contributed by atoms with Crippen molar-refractivity contribution in [3.05, 3.63) is 59.4 Å². The molecule has 3 N–H and O–H groups in total. The fraction of sp³-hybridized carbons (Fsp3) is 0.625. The number of benzene rings is 1. The molecule has 3 rings (SSSR count). The standard InChI is InChI=1S/C32H42FN3O9.C24H38N2O9/c1-7-19(2)11-14-27(43-20(3)37)28(44-21(4)38)29(45-22(5)39)30(42-6)31(40)35-26-10-8-9-15-36(32(26)41)18-23-12-13-24(17-34)25(33)16-23;1-7-14(2)11-12-19(33-15(3)27)20(34-16(4)28)21(35-17(5)29)22(32-6)24(31)26-18-10-8-9-13-25-23(18)30/h11-14,16,19,26-30H,7-10,15,18H2,1-6H3,(H,35,40);11-12,14,18-22H,7-10,13H2,1-6H3,(H,25,30)(H,26,31)/b14-11+;12-11+/t19?,26-,27+,28-,29+,30+;14?,18-,19+,20-,21+,22+/m00/s1. The van der Waals surface area contributed by atoms with Gasteiger partial charge >= 0.3 is 35.8 Å². The third-order valence-corrected chi connectivity index (χ3v) is 12.8. The average molecular weight is 1130 g/mol. The minimum Gasteiger partial charge on any atom is -0.455 e. The zero-order valence-electron chi connectivity index (χ0n) is 47.9. The first-order valence-electron chi connectivity index (χ1n) is 26.6. The number of carbonyl (C=O) groups is 10. The van der Waals surface area contributed by atoms with E-state index in [2.05, 4.69) is 16.0 Å². The summed E-state index contributed by atoms with van der Waals surface area (Å²) >= 11 is 0. The smallest absolute Gasteiger partial charge is 0.303 e. The summed E-state index contributed by atoms with van der Waals surface area (Å²) in [7, 11) is 2.40. The van der Waals surface area contributed by atoms with Crippen LogP contribution in [0.3, 0.4) is 0 Å². The number of rotatable bonds is 26. The summed E-state index contributed by atoms with van der Waals surface area (Å²) < 4.78 is 57.6. The molecule has 0 saturated carbocycles. The highest BCUT2D eigenvalue weighted by atomic mass is 19.1. The Balaban J connectivity index is 0.000000565. The molecular weight excluding hydrogens is 1050 g/mol. The topological polar surface area (TPSA) is 308 Å². The van der Waals surface area contributed by atoms with E-state index in [1.165, 1.54) is 50.3 Å². The van der Waals surface area contributed by atoms with Gasteiger partial charge in [0, 0.05) is 75.4 Å². The van der Waals surface area contributed by atoms with Crippen LogP contribution in [0.4, 0.5) is 4.39 Å². The summed E-state index contributed by atoms with van der Waals surface area (Å²) in [6.07, 6.45) is 0.0703. The van der Waals surface area contributed by atoms with Crippen molar-refractivity contribution in [1.29, 1.82) is 5.26 Å². The summed E-state index contributed by atoms with van der Waals surface area (Å²) in [5.74, 6) is -7.40. The van der Waals surface area contributed by atoms with Gasteiger partial charge in [0.25, 0.3) is 11.8 Å². The molecule has 444 valence electrons. The van der Waals surface area contributed by atoms with E-state index in [9.17, 15) is 52.3 Å². The highest BCUT2D eigenvalue weighted by Gasteiger charge is 2.47. The zero-order chi connectivity index (χ0) is 60.2. The van der Waals surface area contributed by atoms with Gasteiger partial charge in [0.2, 0.25) is 11.8 Å². The lowest BCUT2D eigenvalue weighted by Gasteiger charge is -2.34. The van der Waals surface area contributed by atoms with E-state index in [-0.39, 0.29) is 29.9 Å². The van der Waals surface area contributed by atoms with Crippen LogP contribution >= 0.6 is 0 Å². The maximum Gasteiger partial charge on any atom is 0.303 e. The highest BCUT2D eigenvalue weighted by molar-refractivity contribution is 5.91. The van der Waals surface area contributed by atoms with E-state index >= 15 is 0 Å². The van der Waals surface area contributed by atoms with Gasteiger partial charge in [-0.3, -0.25) is 47.9 Å². The van der Waals surface area contributed by atoms with E-state index in [0.29, 0.717) is 44.3 Å². The first-order chi connectivity index (χ1) is 37.8. The predicted octanol–water partition coefficient (Wildman–Crippen LogP) is 4.29. The van der Waals surface area contributed by atoms with Crippen molar-refractivity contribution in [2.45, 2.75) is 188 Å². The van der Waals surface area contributed by atoms with Crippen LogP contribution in [0, 0.1) is 29.0 Å². The number of nitriles is 1. The second-order valence-corrected chi connectivity index (χ2v) is 19.4. The molecular formula is C56H80FN5O18. The first-order valence-corrected chi connectivity index (χ1v) is 26.6. The number of esters is 6. The molecule has 80 heavy (non-hydrogen) atoms. The molecule has 2 fully saturated rings. The minimum atomic E-state index is -1.59. The Morgan fingerprint density at radius 1 is 0.650 bits per heavy atom. The van der Waals surface area contributed by atoms with Crippen LogP contribution in [-0.4, -0.2) is 153 Å². The quantitative estimate of drug-likeness (QED) is 0.0662. The number of hydrogen-bond acceptors (Lipinski definition) is 19. The Kier molecular flexibility index (Phi) is 30.4. The summed E-state index contributed by atoms with van der Waals surface area (Å²) in [5.41, 5.74) is 0.361. The van der Waals surface area contributed by atoms with Gasteiger partial charge in [0.1, 0.15) is 24.0 Å². The van der Waals surface area contributed by atoms with Gasteiger partial charge in [-0.1, -0.05) is 58.8 Å². The van der Waals surface area contributed by atoms with E-state index in [4.69, 9.17) is 43.2 Å². The van der Waals surface area contributed by atoms with E-state index in [1.54, 1.807) is 24.3 Å². The molecule has 2 aliphatic heterocycles. The Hall–Kier alpha value is -7.26. The number of nitrogens with zero attached hydrogens (tertiary/aromatic N) is 2. The molecule has 0 aromatic heterocycles. The summed E-state index contributed by atoms with van der Waals surface area (Å²) in [6, 6.07) is 4.04. The lowest BCUT2D eigenvalue weighted by molar-refractivity contribution is -0.192. The third-order valence-electron chi connectivity index (χ3n) is 12.8. The van der Waals surface area contributed by atoms with Crippen LogP contribution in [0.2, 0.25) is 0 Å². The van der Waals surface area contributed by atoms with Crippen molar-refractivity contribution < 1.29 is 90.2 Å². The van der Waals surface area contributed by atoms with E-state index in [1.807, 2.05) is 27.7 Å². The molecule has 2 aliphatic rings. The number of halogens is 1. The number of likely N-dealkylation sites (tertiary alicyclic amines) is 1. The lowest BCUT2D eigenvalue weighted by atomic mass is 9.98. The number of amides is 4. The predicted molar refractivity (Wildman–Crippen MR) is 283 cm³/mol. The number of carbonyl (C=O) groups excluding carboxylic acids is 10. The number of nitrogens with one attached hydrogen (secondary N) is 3. The van der Waals surface area contributed by atoms with Crippen LogP contribution in [0.15, 0.2) is 42.5 Å². The molecule has 2 heterocycles. The Morgan fingerprint density at radius 2 is 1.07 bits per heavy atom. The van der Waals surface area contributed by atoms with Crippen molar-refractivity contribution in [2.24, 2.45) is 11.8 Å². The monoisotopic (exact) mass is 1130 g/mol. The Labute approximate surface area is 467 Å². The number of hydrogen-bond donors (Lipinski definition) is 3. The summed E-state index contributed by atoms with van der Waals surface area (Å²) in [5, 5.41) is 17.0. The number of allylic oxidation sites excluding steroid dienone is 2. The second-order valence-electron chi connectivity index (χ2n) is 19.4. The molecule has 23 nitrogen and oxygen atoms in total. The molecule has 1 aromatic rings. The highest BCUT2D eigenvalue weighted by Crippen LogP contribution is 2.25. The normalized spacial score (nSPS) is 19.3. The van der Waals surface area contributed by atoms with Gasteiger partial charge in [-0.15, -0.1) is 0 Å². The molecule has 24 heteroatoms. The minimum absolute atomic E-state index is 0.0543. The first kappa shape index (κ1) is 68.8. The van der Waals surface area contributed by atoms with E-state index in [0.717, 1.165) is 60.3 Å². The van der Waals surface area contributed by atoms with Crippen LogP contribution in [-0.2, 0) is 92.4 Å². The summed E-state index contributed by atoms with van der Waals surface area (Å²) in [4.78, 5) is 127. The number of methoxy groups -OCH3 is 2. The lowest BCUT2D eigenvalue weighted by Crippen LogP contribution is -2.58. The molecule has 1 aromatic carbocycles. The van der Waals surface area contributed by atoms with Crippen molar-refractivity contribution in [3.8, 4) is 6.07 Å². The van der Waals surface area contributed by atoms with Crippen molar-refractivity contribution in [2.75, 3.05) is 27.3 Å². The van der Waals surface area contributed by atoms with Crippen molar-refractivity contribution in [1.82, 2.24) is 20.9 Å². The molecule has 0 radical (unpaired) electrons. The Bertz CT molecular complexity index is 2390. The fourth-order valence-corrected chi connectivity index (χ4v) is 8.43. The summed E-state index contributed by atoms with van der Waals surface area (Å²) in [6.45, 7) is 15.5. The largest absolute Gasteiger partial charge is 0.455 e. The van der Waals surface area contributed by atoms with Gasteiger partial charge in [-0.2, -0.15) is 5.26 Å². The molecule has 0 spiro atoms. The van der Waals surface area contributed by atoms with Crippen molar-refractivity contribution in [3.63, 3.8) is 0 Å². The van der Waals surface area contributed by atoms with Crippen LogP contribution in [0.5, 0.6) is 0 Å². The molecule has 0 aliphatic carbocycles. The zero-order valence-corrected chi connectivity index (χ0v) is 47.9. The maximum atomic E-state index is 14.2. The molecule has 0 bridgehead atoms. The van der Waals surface area contributed by atoms with Crippen LogP contribution in [0.25, 0.3) is 0 Å². The molecule has 12 atom stereocenters. The third kappa shape index (κ3) is 23.6. The van der Waals surface area contributed by atoms with Gasteiger partial charge in [0.15, 0.2) is 48.8 Å². The average Bonchev–Trinajstić information content (AvgIpc) is 3.70. The second kappa shape index (κ2) is 35.4. The SMILES string of the molecule is CCC(C)/C=C/[C@@H](OC(C)=O)[C@H](OC(C)=O)[C@@H](OC(C)=O)[C@@H](OC)C(=O)N[C@H]1CCCCN(Cc2ccc(C#N)c(F)c2)C1=O.CCC(C)/C=C/[C@@H](OC(C)=O)[C@H](OC(C)=O)[C@@H](OC(C)=O)[C@@H](OC)C(=O)N[C@H]1CCCCNC1=O. The fourth-order valence-electron chi connectivity index (χ4n) is 8.43. The van der Waals surface area contributed by atoms with Gasteiger partial charge in [-0.05, 0) is 80.2 Å².